The van der Waals surface area contributed by atoms with E-state index in [4.69, 9.17) is 0 Å². The molecule has 0 spiro atoms. The number of nitrogens with one attached hydrogen (secondary N) is 1. The van der Waals surface area contributed by atoms with Crippen molar-refractivity contribution in [2.75, 3.05) is 0 Å². The molecule has 1 aromatic heterocycles. The number of hydrogen-bond donors (Lipinski definition) is 1. The third kappa shape index (κ3) is 3.11. The van der Waals surface area contributed by atoms with Gasteiger partial charge in [0.25, 0.3) is 5.91 Å². The minimum absolute atomic E-state index is 0.0150. The maximum Gasteiger partial charge on any atom is 0.268 e. The predicted molar refractivity (Wildman–Crippen MR) is 69.6 cm³/mol. The fraction of sp³-hybridized carbons (Fsp3) is 0.583. The van der Waals surface area contributed by atoms with Gasteiger partial charge in [-0.25, -0.2) is 0 Å². The van der Waals surface area contributed by atoms with Crippen molar-refractivity contribution in [1.82, 2.24) is 9.88 Å². The Kier molecular flexibility index (Phi) is 5.06. The molecule has 1 amide bonds. The van der Waals surface area contributed by atoms with Gasteiger partial charge in [-0.1, -0.05) is 13.8 Å². The molecule has 1 rings (SSSR count). The van der Waals surface area contributed by atoms with Crippen LogP contribution in [0.15, 0.2) is 16.7 Å². The molecule has 3 nitrogen and oxygen atoms in total. The lowest BCUT2D eigenvalue weighted by molar-refractivity contribution is 0.0925. The van der Waals surface area contributed by atoms with E-state index in [-0.39, 0.29) is 11.9 Å². The van der Waals surface area contributed by atoms with E-state index < -0.39 is 0 Å². The van der Waals surface area contributed by atoms with Gasteiger partial charge in [0.2, 0.25) is 0 Å². The lowest BCUT2D eigenvalue weighted by Crippen LogP contribution is -2.34. The van der Waals surface area contributed by atoms with Gasteiger partial charge in [0.15, 0.2) is 0 Å². The summed E-state index contributed by atoms with van der Waals surface area (Å²) >= 11 is 3.39. The fourth-order valence-electron chi connectivity index (χ4n) is 1.68. The van der Waals surface area contributed by atoms with E-state index in [1.54, 1.807) is 0 Å². The Balaban J connectivity index is 2.79. The Bertz CT molecular complexity index is 356. The van der Waals surface area contributed by atoms with E-state index in [1.165, 1.54) is 0 Å². The van der Waals surface area contributed by atoms with E-state index in [0.29, 0.717) is 0 Å². The average Bonchev–Trinajstić information content (AvgIpc) is 2.67. The zero-order valence-electron chi connectivity index (χ0n) is 10.1. The van der Waals surface area contributed by atoms with Crippen LogP contribution in [-0.4, -0.2) is 16.5 Å². The molecule has 0 radical (unpaired) electrons. The molecular formula is C12H19BrN2O. The molecular weight excluding hydrogens is 268 g/mol. The number of aryl methyl sites for hydroxylation is 1. The van der Waals surface area contributed by atoms with Crippen molar-refractivity contribution in [2.45, 2.75) is 46.2 Å². The zero-order chi connectivity index (χ0) is 12.1. The van der Waals surface area contributed by atoms with Crippen molar-refractivity contribution in [1.29, 1.82) is 0 Å². The first kappa shape index (κ1) is 13.3. The van der Waals surface area contributed by atoms with Crippen molar-refractivity contribution < 1.29 is 4.79 Å². The van der Waals surface area contributed by atoms with Crippen LogP contribution < -0.4 is 5.32 Å². The molecule has 1 aromatic rings. The van der Waals surface area contributed by atoms with E-state index in [1.807, 2.05) is 23.8 Å². The Labute approximate surface area is 105 Å². The maximum absolute atomic E-state index is 12.0. The number of halogens is 1. The summed E-state index contributed by atoms with van der Waals surface area (Å²) in [6.45, 7) is 7.00. The highest BCUT2D eigenvalue weighted by molar-refractivity contribution is 9.10. The lowest BCUT2D eigenvalue weighted by Gasteiger charge is -2.15. The number of aromatic nitrogens is 1. The van der Waals surface area contributed by atoms with Gasteiger partial charge in [-0.15, -0.1) is 0 Å². The second-order valence-electron chi connectivity index (χ2n) is 3.82. The number of rotatable bonds is 5. The normalized spacial score (nSPS) is 10.8. The summed E-state index contributed by atoms with van der Waals surface area (Å²) in [5.41, 5.74) is 0.723. The highest BCUT2D eigenvalue weighted by Gasteiger charge is 2.14. The largest absolute Gasteiger partial charge is 0.348 e. The number of amides is 1. The van der Waals surface area contributed by atoms with Crippen molar-refractivity contribution in [3.8, 4) is 0 Å². The van der Waals surface area contributed by atoms with Gasteiger partial charge in [-0.05, 0) is 41.8 Å². The molecule has 0 atom stereocenters. The van der Waals surface area contributed by atoms with Gasteiger partial charge in [-0.3, -0.25) is 4.79 Å². The van der Waals surface area contributed by atoms with Gasteiger partial charge >= 0.3 is 0 Å². The number of carbonyl (C=O) groups excluding carboxylic acids is 1. The second-order valence-corrected chi connectivity index (χ2v) is 4.73. The molecule has 0 bridgehead atoms. The lowest BCUT2D eigenvalue weighted by atomic mass is 10.1. The first-order chi connectivity index (χ1) is 7.62. The molecule has 0 saturated carbocycles. The first-order valence-electron chi connectivity index (χ1n) is 5.78. The van der Waals surface area contributed by atoms with Crippen LogP contribution in [0.1, 0.15) is 44.1 Å². The standard InChI is InChI=1S/C12H19BrN2O/c1-4-10(5-2)14-12(16)11-7-9(13)8-15(11)6-3/h7-8,10H,4-6H2,1-3H3,(H,14,16). The summed E-state index contributed by atoms with van der Waals surface area (Å²) in [6.07, 6.45) is 3.87. The van der Waals surface area contributed by atoms with Gasteiger partial charge in [0.05, 0.1) is 0 Å². The highest BCUT2D eigenvalue weighted by Crippen LogP contribution is 2.15. The smallest absolute Gasteiger partial charge is 0.268 e. The molecule has 0 saturated heterocycles. The Morgan fingerprint density at radius 1 is 1.44 bits per heavy atom. The summed E-state index contributed by atoms with van der Waals surface area (Å²) in [7, 11) is 0. The summed E-state index contributed by atoms with van der Waals surface area (Å²) in [6, 6.07) is 2.13. The quantitative estimate of drug-likeness (QED) is 0.886. The molecule has 90 valence electrons. The molecule has 0 aromatic carbocycles. The summed E-state index contributed by atoms with van der Waals surface area (Å²) in [4.78, 5) is 12.0. The Morgan fingerprint density at radius 2 is 2.06 bits per heavy atom. The molecule has 0 aliphatic carbocycles. The van der Waals surface area contributed by atoms with Crippen LogP contribution in [0.25, 0.3) is 0 Å². The third-order valence-electron chi connectivity index (χ3n) is 2.76. The van der Waals surface area contributed by atoms with Crippen LogP contribution in [0.4, 0.5) is 0 Å². The van der Waals surface area contributed by atoms with Crippen LogP contribution in [0.5, 0.6) is 0 Å². The second kappa shape index (κ2) is 6.09. The first-order valence-corrected chi connectivity index (χ1v) is 6.58. The van der Waals surface area contributed by atoms with Crippen LogP contribution in [-0.2, 0) is 6.54 Å². The molecule has 0 fully saturated rings. The predicted octanol–water partition coefficient (Wildman–Crippen LogP) is 3.19. The Morgan fingerprint density at radius 3 is 2.56 bits per heavy atom. The molecule has 0 unspecified atom stereocenters. The van der Waals surface area contributed by atoms with Crippen LogP contribution in [0.2, 0.25) is 0 Å². The fourth-order valence-corrected chi connectivity index (χ4v) is 2.14. The molecule has 0 aliphatic rings. The maximum atomic E-state index is 12.0. The molecule has 16 heavy (non-hydrogen) atoms. The van der Waals surface area contributed by atoms with E-state index >= 15 is 0 Å². The van der Waals surface area contributed by atoms with Crippen LogP contribution in [0.3, 0.4) is 0 Å². The number of nitrogens with zero attached hydrogens (tertiary/aromatic N) is 1. The van der Waals surface area contributed by atoms with Gasteiger partial charge in [0, 0.05) is 23.3 Å². The number of carbonyl (C=O) groups is 1. The van der Waals surface area contributed by atoms with E-state index in [9.17, 15) is 4.79 Å². The van der Waals surface area contributed by atoms with Crippen molar-refractivity contribution >= 4 is 21.8 Å². The Hall–Kier alpha value is -0.770. The van der Waals surface area contributed by atoms with Gasteiger partial charge in [-0.2, -0.15) is 0 Å². The summed E-state index contributed by atoms with van der Waals surface area (Å²) < 4.78 is 2.89. The van der Waals surface area contributed by atoms with E-state index in [2.05, 4.69) is 35.1 Å². The SMILES string of the molecule is CCC(CC)NC(=O)c1cc(Br)cn1CC. The minimum Gasteiger partial charge on any atom is -0.348 e. The van der Waals surface area contributed by atoms with Crippen LogP contribution in [0, 0.1) is 0 Å². The minimum atomic E-state index is 0.0150. The van der Waals surface area contributed by atoms with Crippen molar-refractivity contribution in [2.24, 2.45) is 0 Å². The van der Waals surface area contributed by atoms with Crippen LogP contribution >= 0.6 is 15.9 Å². The summed E-state index contributed by atoms with van der Waals surface area (Å²) in [5.74, 6) is 0.0150. The molecule has 4 heteroatoms. The molecule has 0 aliphatic heterocycles. The van der Waals surface area contributed by atoms with Gasteiger partial charge < -0.3 is 9.88 Å². The van der Waals surface area contributed by atoms with E-state index in [0.717, 1.165) is 29.6 Å². The number of hydrogen-bond acceptors (Lipinski definition) is 1. The van der Waals surface area contributed by atoms with Crippen molar-refractivity contribution in [3.63, 3.8) is 0 Å². The zero-order valence-corrected chi connectivity index (χ0v) is 11.7. The van der Waals surface area contributed by atoms with Crippen molar-refractivity contribution in [3.05, 3.63) is 22.4 Å². The van der Waals surface area contributed by atoms with Gasteiger partial charge in [0.1, 0.15) is 5.69 Å². The average molecular weight is 287 g/mol. The molecule has 1 N–H and O–H groups in total. The highest BCUT2D eigenvalue weighted by atomic mass is 79.9. The summed E-state index contributed by atoms with van der Waals surface area (Å²) in [5, 5.41) is 3.04. The third-order valence-corrected chi connectivity index (χ3v) is 3.19. The topological polar surface area (TPSA) is 34.0 Å². The monoisotopic (exact) mass is 286 g/mol. The molecule has 1 heterocycles.